The lowest BCUT2D eigenvalue weighted by atomic mass is 10.0. The van der Waals surface area contributed by atoms with Crippen LogP contribution in [-0.4, -0.2) is 24.3 Å². The fraction of sp³-hybridized carbons (Fsp3) is 0.955. The Balaban J connectivity index is 2.99. The third-order valence-electron chi connectivity index (χ3n) is 4.89. The van der Waals surface area contributed by atoms with E-state index in [2.05, 4.69) is 6.92 Å². The van der Waals surface area contributed by atoms with Gasteiger partial charge in [-0.1, -0.05) is 116 Å². The summed E-state index contributed by atoms with van der Waals surface area (Å²) in [4.78, 5) is 10.7. The van der Waals surface area contributed by atoms with Crippen LogP contribution < -0.4 is 0 Å². The van der Waals surface area contributed by atoms with Crippen molar-refractivity contribution in [2.24, 2.45) is 0 Å². The second-order valence-corrected chi connectivity index (χ2v) is 7.39. The lowest BCUT2D eigenvalue weighted by molar-refractivity contribution is -0.147. The third-order valence-corrected chi connectivity index (χ3v) is 4.89. The van der Waals surface area contributed by atoms with Crippen LogP contribution in [0.5, 0.6) is 0 Å². The average Bonchev–Trinajstić information content (AvgIpc) is 2.63. The number of carbonyl (C=O) groups is 1. The first-order valence-corrected chi connectivity index (χ1v) is 11.1. The molecule has 0 saturated heterocycles. The van der Waals surface area contributed by atoms with Gasteiger partial charge in [0.2, 0.25) is 0 Å². The zero-order chi connectivity index (χ0) is 18.4. The van der Waals surface area contributed by atoms with Crippen molar-refractivity contribution in [2.75, 3.05) is 13.2 Å². The van der Waals surface area contributed by atoms with E-state index >= 15 is 0 Å². The summed E-state index contributed by atoms with van der Waals surface area (Å²) in [7, 11) is 0. The normalized spacial score (nSPS) is 11.0. The average molecular weight is 357 g/mol. The Labute approximate surface area is 156 Å². The van der Waals surface area contributed by atoms with Crippen LogP contribution in [0, 0.1) is 0 Å². The molecule has 0 unspecified atom stereocenters. The highest BCUT2D eigenvalue weighted by Gasteiger charge is 1.98. The fourth-order valence-corrected chi connectivity index (χ4v) is 3.24. The van der Waals surface area contributed by atoms with Gasteiger partial charge in [-0.2, -0.15) is 0 Å². The first-order chi connectivity index (χ1) is 12.3. The molecule has 0 bridgehead atoms. The molecular formula is C22H44O3. The Morgan fingerprint density at radius 1 is 0.600 bits per heavy atom. The van der Waals surface area contributed by atoms with Gasteiger partial charge in [-0.3, -0.25) is 0 Å². The molecule has 0 aliphatic rings. The molecule has 0 saturated carbocycles. The summed E-state index contributed by atoms with van der Waals surface area (Å²) in [6.07, 6.45) is 24.4. The van der Waals surface area contributed by atoms with Crippen LogP contribution in [0.4, 0.5) is 0 Å². The van der Waals surface area contributed by atoms with E-state index in [1.165, 1.54) is 103 Å². The molecule has 0 fully saturated rings. The van der Waals surface area contributed by atoms with Gasteiger partial charge in [-0.05, 0) is 6.42 Å². The molecule has 3 nitrogen and oxygen atoms in total. The van der Waals surface area contributed by atoms with Crippen molar-refractivity contribution in [3.05, 3.63) is 0 Å². The second-order valence-electron chi connectivity index (χ2n) is 7.39. The van der Waals surface area contributed by atoms with Crippen LogP contribution in [0.1, 0.15) is 122 Å². The zero-order valence-electron chi connectivity index (χ0n) is 16.9. The van der Waals surface area contributed by atoms with Crippen LogP contribution >= 0.6 is 0 Å². The Morgan fingerprint density at radius 2 is 0.920 bits per heavy atom. The van der Waals surface area contributed by atoms with Crippen LogP contribution in [0.25, 0.3) is 0 Å². The van der Waals surface area contributed by atoms with Crippen molar-refractivity contribution in [1.29, 1.82) is 0 Å². The number of ether oxygens (including phenoxy) is 1. The van der Waals surface area contributed by atoms with Crippen molar-refractivity contribution < 1.29 is 14.6 Å². The molecular weight excluding hydrogens is 312 g/mol. The summed E-state index contributed by atoms with van der Waals surface area (Å²) >= 11 is 0. The highest BCUT2D eigenvalue weighted by Crippen LogP contribution is 2.14. The number of unbranched alkanes of at least 4 members (excludes halogenated alkanes) is 17. The summed E-state index contributed by atoms with van der Waals surface area (Å²) in [5, 5.41) is 8.51. The molecule has 25 heavy (non-hydrogen) atoms. The van der Waals surface area contributed by atoms with Gasteiger partial charge in [0.05, 0.1) is 6.61 Å². The van der Waals surface area contributed by atoms with E-state index in [1.54, 1.807) is 0 Å². The van der Waals surface area contributed by atoms with Gasteiger partial charge in [0, 0.05) is 0 Å². The van der Waals surface area contributed by atoms with Gasteiger partial charge >= 0.3 is 5.97 Å². The molecule has 0 aromatic heterocycles. The van der Waals surface area contributed by atoms with Gasteiger partial charge in [-0.25, -0.2) is 4.79 Å². The molecule has 3 heteroatoms. The van der Waals surface area contributed by atoms with Crippen LogP contribution in [-0.2, 0) is 9.53 Å². The highest BCUT2D eigenvalue weighted by atomic mass is 16.5. The van der Waals surface area contributed by atoms with Crippen molar-refractivity contribution in [2.45, 2.75) is 122 Å². The Bertz CT molecular complexity index is 266. The molecule has 0 atom stereocenters. The maximum atomic E-state index is 10.7. The van der Waals surface area contributed by atoms with Crippen molar-refractivity contribution in [1.82, 2.24) is 0 Å². The fourth-order valence-electron chi connectivity index (χ4n) is 3.24. The Morgan fingerprint density at radius 3 is 1.24 bits per heavy atom. The van der Waals surface area contributed by atoms with Crippen molar-refractivity contribution in [3.63, 3.8) is 0 Å². The van der Waals surface area contributed by atoms with E-state index in [0.29, 0.717) is 6.61 Å². The minimum atomic E-state index is -0.507. The van der Waals surface area contributed by atoms with E-state index in [4.69, 9.17) is 9.84 Å². The summed E-state index contributed by atoms with van der Waals surface area (Å²) in [6.45, 7) is 2.24. The molecule has 0 spiro atoms. The van der Waals surface area contributed by atoms with Gasteiger partial charge in [0.15, 0.2) is 0 Å². The number of rotatable bonds is 20. The van der Waals surface area contributed by atoms with E-state index in [0.717, 1.165) is 12.8 Å². The predicted molar refractivity (Wildman–Crippen MR) is 107 cm³/mol. The molecule has 1 N–H and O–H groups in total. The minimum absolute atomic E-state index is 0.456. The number of hydrogen-bond donors (Lipinski definition) is 1. The smallest absolute Gasteiger partial charge is 0.331 e. The number of esters is 1. The Hall–Kier alpha value is -0.570. The maximum absolute atomic E-state index is 10.7. The first kappa shape index (κ1) is 24.4. The summed E-state index contributed by atoms with van der Waals surface area (Å²) in [5.74, 6) is -0.507. The molecule has 0 radical (unpaired) electrons. The molecule has 0 amide bonds. The topological polar surface area (TPSA) is 46.5 Å². The zero-order valence-corrected chi connectivity index (χ0v) is 16.9. The standard InChI is InChI=1S/C22H44O3/c1-2-3-4-5-6-7-8-9-10-11-12-13-14-15-16-17-18-19-20-25-22(24)21-23/h23H,2-21H2,1H3. The molecule has 0 heterocycles. The van der Waals surface area contributed by atoms with Crippen LogP contribution in [0.3, 0.4) is 0 Å². The third kappa shape index (κ3) is 21.4. The number of aliphatic hydroxyl groups excluding tert-OH is 1. The minimum Gasteiger partial charge on any atom is -0.464 e. The molecule has 150 valence electrons. The van der Waals surface area contributed by atoms with Gasteiger partial charge in [0.1, 0.15) is 6.61 Å². The molecule has 0 aliphatic heterocycles. The van der Waals surface area contributed by atoms with Crippen molar-refractivity contribution >= 4 is 5.97 Å². The quantitative estimate of drug-likeness (QED) is 0.198. The number of hydrogen-bond acceptors (Lipinski definition) is 3. The molecule has 0 aliphatic carbocycles. The highest BCUT2D eigenvalue weighted by molar-refractivity contribution is 5.70. The van der Waals surface area contributed by atoms with Crippen molar-refractivity contribution in [3.8, 4) is 0 Å². The van der Waals surface area contributed by atoms with Gasteiger partial charge in [0.25, 0.3) is 0 Å². The van der Waals surface area contributed by atoms with Gasteiger partial charge < -0.3 is 9.84 Å². The molecule has 0 aromatic rings. The largest absolute Gasteiger partial charge is 0.464 e. The molecule has 0 aromatic carbocycles. The van der Waals surface area contributed by atoms with Crippen LogP contribution in [0.2, 0.25) is 0 Å². The molecule has 0 rings (SSSR count). The number of aliphatic hydroxyl groups is 1. The lowest BCUT2D eigenvalue weighted by Crippen LogP contribution is -2.09. The predicted octanol–water partition coefficient (Wildman–Crippen LogP) is 6.56. The first-order valence-electron chi connectivity index (χ1n) is 11.1. The summed E-state index contributed by atoms with van der Waals surface area (Å²) < 4.78 is 4.83. The van der Waals surface area contributed by atoms with Gasteiger partial charge in [-0.15, -0.1) is 0 Å². The van der Waals surface area contributed by atoms with E-state index in [-0.39, 0.29) is 0 Å². The number of carbonyl (C=O) groups excluding carboxylic acids is 1. The summed E-state index contributed by atoms with van der Waals surface area (Å²) in [5.41, 5.74) is 0. The SMILES string of the molecule is CCCCCCCCCCCCCCCCCCCCOC(=O)CO. The summed E-state index contributed by atoms with van der Waals surface area (Å²) in [6, 6.07) is 0. The maximum Gasteiger partial charge on any atom is 0.331 e. The second kappa shape index (κ2) is 21.5. The monoisotopic (exact) mass is 356 g/mol. The van der Waals surface area contributed by atoms with E-state index in [9.17, 15) is 4.79 Å². The van der Waals surface area contributed by atoms with Crippen LogP contribution in [0.15, 0.2) is 0 Å². The van der Waals surface area contributed by atoms with E-state index < -0.39 is 12.6 Å². The van der Waals surface area contributed by atoms with E-state index in [1.807, 2.05) is 0 Å². The Kier molecular flexibility index (Phi) is 21.0. The lowest BCUT2D eigenvalue weighted by Gasteiger charge is -2.04.